The average molecular weight is 644 g/mol. The molecule has 6 rings (SSSR count). The van der Waals surface area contributed by atoms with E-state index in [-0.39, 0.29) is 54.1 Å². The van der Waals surface area contributed by atoms with Gasteiger partial charge in [0.05, 0.1) is 31.4 Å². The van der Waals surface area contributed by atoms with Gasteiger partial charge < -0.3 is 24.6 Å². The second-order valence-electron chi connectivity index (χ2n) is 13.1. The number of piperidine rings is 2. The fraction of sp³-hybridized carbons (Fsp3) is 0.528. The summed E-state index contributed by atoms with van der Waals surface area (Å²) in [5.74, 6) is 1.80. The largest absolute Gasteiger partial charge is 0.493 e. The number of fused-ring (bicyclic) bond motifs is 7. The third-order valence-corrected chi connectivity index (χ3v) is 10.0. The van der Waals surface area contributed by atoms with Gasteiger partial charge in [0, 0.05) is 58.0 Å². The quantitative estimate of drug-likeness (QED) is 0.453. The van der Waals surface area contributed by atoms with Crippen molar-refractivity contribution in [3.63, 3.8) is 0 Å². The molecule has 2 fully saturated rings. The summed E-state index contributed by atoms with van der Waals surface area (Å²) in [4.78, 5) is 61.4. The third kappa shape index (κ3) is 7.29. The Morgan fingerprint density at radius 2 is 1.83 bits per heavy atom. The van der Waals surface area contributed by atoms with E-state index in [0.717, 1.165) is 36.8 Å². The van der Waals surface area contributed by atoms with Gasteiger partial charge in [-0.15, -0.1) is 0 Å². The molecule has 3 aromatic rings. The number of aromatic nitrogens is 2. The smallest absolute Gasteiger partial charge is 0.261 e. The van der Waals surface area contributed by atoms with Crippen molar-refractivity contribution in [1.29, 1.82) is 0 Å². The summed E-state index contributed by atoms with van der Waals surface area (Å²) in [5, 5.41) is 3.59. The van der Waals surface area contributed by atoms with E-state index in [1.807, 2.05) is 28.0 Å². The Morgan fingerprint density at radius 3 is 2.66 bits per heavy atom. The average Bonchev–Trinajstić information content (AvgIpc) is 3.08. The lowest BCUT2D eigenvalue weighted by atomic mass is 9.77. The second kappa shape index (κ2) is 14.6. The van der Waals surface area contributed by atoms with Gasteiger partial charge in [0.15, 0.2) is 11.5 Å². The van der Waals surface area contributed by atoms with Crippen molar-refractivity contribution < 1.29 is 23.9 Å². The summed E-state index contributed by atoms with van der Waals surface area (Å²) in [7, 11) is 3.25. The molecule has 0 aliphatic carbocycles. The van der Waals surface area contributed by atoms with Crippen LogP contribution >= 0.6 is 0 Å². The van der Waals surface area contributed by atoms with Gasteiger partial charge in [-0.1, -0.05) is 18.2 Å². The molecule has 3 aliphatic rings. The van der Waals surface area contributed by atoms with Crippen LogP contribution in [0.15, 0.2) is 47.5 Å². The fourth-order valence-corrected chi connectivity index (χ4v) is 7.75. The molecule has 0 radical (unpaired) electrons. The molecule has 250 valence electrons. The van der Waals surface area contributed by atoms with Crippen molar-refractivity contribution in [3.8, 4) is 11.5 Å². The van der Waals surface area contributed by atoms with Crippen LogP contribution in [0.2, 0.25) is 0 Å². The maximum atomic E-state index is 13.9. The lowest BCUT2D eigenvalue weighted by Crippen LogP contribution is -2.60. The van der Waals surface area contributed by atoms with Crippen LogP contribution in [0.4, 0.5) is 0 Å². The molecule has 11 nitrogen and oxygen atoms in total. The van der Waals surface area contributed by atoms with Gasteiger partial charge in [-0.05, 0) is 79.7 Å². The number of hydrogen-bond donors (Lipinski definition) is 1. The maximum Gasteiger partial charge on any atom is 0.261 e. The van der Waals surface area contributed by atoms with Crippen molar-refractivity contribution in [1.82, 2.24) is 24.7 Å². The van der Waals surface area contributed by atoms with Crippen LogP contribution in [-0.2, 0) is 33.8 Å². The Balaban J connectivity index is 1.16. The third-order valence-electron chi connectivity index (χ3n) is 10.0. The van der Waals surface area contributed by atoms with E-state index in [1.165, 1.54) is 10.9 Å². The van der Waals surface area contributed by atoms with Crippen LogP contribution in [0.25, 0.3) is 10.9 Å². The highest BCUT2D eigenvalue weighted by Crippen LogP contribution is 2.37. The normalized spacial score (nSPS) is 22.4. The number of nitrogens with zero attached hydrogens (tertiary/aromatic N) is 4. The molecule has 0 unspecified atom stereocenters. The molecule has 2 saturated heterocycles. The summed E-state index contributed by atoms with van der Waals surface area (Å²) in [6.45, 7) is 2.60. The zero-order valence-electron chi connectivity index (χ0n) is 27.4. The molecule has 4 heterocycles. The number of benzene rings is 2. The Kier molecular flexibility index (Phi) is 10.1. The lowest BCUT2D eigenvalue weighted by Gasteiger charge is -2.51. The number of para-hydroxylation sites is 1. The molecule has 1 aromatic heterocycles. The summed E-state index contributed by atoms with van der Waals surface area (Å²) in [5.41, 5.74) is 2.52. The van der Waals surface area contributed by atoms with Crippen LogP contribution in [-0.4, -0.2) is 83.5 Å². The van der Waals surface area contributed by atoms with E-state index in [2.05, 4.69) is 16.4 Å². The molecule has 3 atom stereocenters. The SMILES string of the molecule is COc1cc2cc(c1OC)CCCNC(=O)CCC[C@H]1[C@@H]3C[C@@H](CN(C(=O)CCn4cnc5ccccc5c4=O)C3)CN1C(=O)CC2. The van der Waals surface area contributed by atoms with Crippen molar-refractivity contribution >= 4 is 28.6 Å². The summed E-state index contributed by atoms with van der Waals surface area (Å²) < 4.78 is 12.8. The second-order valence-corrected chi connectivity index (χ2v) is 13.1. The number of amides is 3. The number of ether oxygens (including phenoxy) is 2. The maximum absolute atomic E-state index is 13.9. The molecule has 0 saturated carbocycles. The molecule has 2 aromatic carbocycles. The number of aryl methyl sites for hydroxylation is 3. The predicted octanol–water partition coefficient (Wildman–Crippen LogP) is 3.34. The zero-order chi connectivity index (χ0) is 32.9. The van der Waals surface area contributed by atoms with Gasteiger partial charge in [-0.2, -0.15) is 0 Å². The van der Waals surface area contributed by atoms with Crippen molar-refractivity contribution in [2.24, 2.45) is 11.8 Å². The molecule has 3 aliphatic heterocycles. The van der Waals surface area contributed by atoms with Crippen LogP contribution in [0, 0.1) is 11.8 Å². The highest BCUT2D eigenvalue weighted by Gasteiger charge is 2.43. The first kappa shape index (κ1) is 32.5. The zero-order valence-corrected chi connectivity index (χ0v) is 27.4. The van der Waals surface area contributed by atoms with Gasteiger partial charge in [0.1, 0.15) is 0 Å². The molecule has 1 N–H and O–H groups in total. The predicted molar refractivity (Wildman–Crippen MR) is 177 cm³/mol. The van der Waals surface area contributed by atoms with Crippen molar-refractivity contribution in [2.45, 2.75) is 70.4 Å². The minimum absolute atomic E-state index is 0.0105. The fourth-order valence-electron chi connectivity index (χ4n) is 7.75. The van der Waals surface area contributed by atoms with Crippen LogP contribution in [0.5, 0.6) is 11.5 Å². The number of hydrogen-bond acceptors (Lipinski definition) is 7. The molecule has 11 heteroatoms. The van der Waals surface area contributed by atoms with Crippen LogP contribution in [0.3, 0.4) is 0 Å². The Morgan fingerprint density at radius 1 is 0.979 bits per heavy atom. The standard InChI is InChI=1S/C36H45N5O6/c1-46-31-19-24-12-13-34(44)41-21-25-18-27(30(41)10-5-11-32(42)37-15-6-7-26(17-24)35(31)47-2)22-40(20-25)33(43)14-16-39-23-38-29-9-4-3-8-28(29)36(39)45/h3-4,8-9,17,19,23,25,27,30H,5-7,10-16,18,20-22H2,1-2H3,(H,37,42)/t25-,27+,30-/m0/s1. The summed E-state index contributed by atoms with van der Waals surface area (Å²) in [6.07, 6.45) is 6.94. The number of carbonyl (C=O) groups is 3. The van der Waals surface area contributed by atoms with Crippen molar-refractivity contribution in [2.75, 3.05) is 40.4 Å². The molecule has 0 spiro atoms. The molecule has 4 bridgehead atoms. The molecule has 3 amide bonds. The molecule has 47 heavy (non-hydrogen) atoms. The molecular weight excluding hydrogens is 598 g/mol. The van der Waals surface area contributed by atoms with Gasteiger partial charge in [-0.3, -0.25) is 23.7 Å². The molecular formula is C36H45N5O6. The van der Waals surface area contributed by atoms with Crippen LogP contribution < -0.4 is 20.3 Å². The van der Waals surface area contributed by atoms with E-state index >= 15 is 0 Å². The highest BCUT2D eigenvalue weighted by atomic mass is 16.5. The van der Waals surface area contributed by atoms with Gasteiger partial charge >= 0.3 is 0 Å². The first-order valence-electron chi connectivity index (χ1n) is 16.9. The number of methoxy groups -OCH3 is 2. The number of carbonyl (C=O) groups excluding carboxylic acids is 3. The minimum Gasteiger partial charge on any atom is -0.493 e. The van der Waals surface area contributed by atoms with Gasteiger partial charge in [0.2, 0.25) is 17.7 Å². The van der Waals surface area contributed by atoms with E-state index in [9.17, 15) is 19.2 Å². The number of nitrogens with one attached hydrogen (secondary N) is 1. The van der Waals surface area contributed by atoms with E-state index in [0.29, 0.717) is 74.3 Å². The van der Waals surface area contributed by atoms with E-state index in [4.69, 9.17) is 9.47 Å². The van der Waals surface area contributed by atoms with Crippen molar-refractivity contribution in [3.05, 3.63) is 64.2 Å². The number of rotatable bonds is 5. The van der Waals surface area contributed by atoms with E-state index < -0.39 is 0 Å². The summed E-state index contributed by atoms with van der Waals surface area (Å²) in [6, 6.07) is 11.2. The van der Waals surface area contributed by atoms with Crippen LogP contribution in [0.1, 0.15) is 56.1 Å². The Bertz CT molecular complexity index is 1690. The van der Waals surface area contributed by atoms with Gasteiger partial charge in [0.25, 0.3) is 5.56 Å². The lowest BCUT2D eigenvalue weighted by molar-refractivity contribution is -0.145. The van der Waals surface area contributed by atoms with E-state index in [1.54, 1.807) is 26.4 Å². The Labute approximate surface area is 275 Å². The first-order chi connectivity index (χ1) is 22.8. The first-order valence-corrected chi connectivity index (χ1v) is 16.9. The minimum atomic E-state index is -0.146. The highest BCUT2D eigenvalue weighted by molar-refractivity contribution is 5.79. The monoisotopic (exact) mass is 643 g/mol. The Hall–Kier alpha value is -4.41. The van der Waals surface area contributed by atoms with Gasteiger partial charge in [-0.25, -0.2) is 4.98 Å². The topological polar surface area (TPSA) is 123 Å². The number of likely N-dealkylation sites (tertiary alicyclic amines) is 1. The summed E-state index contributed by atoms with van der Waals surface area (Å²) >= 11 is 0.